The van der Waals surface area contributed by atoms with Crippen LogP contribution in [0.15, 0.2) is 11.0 Å². The van der Waals surface area contributed by atoms with Crippen molar-refractivity contribution in [3.05, 3.63) is 50.7 Å². The van der Waals surface area contributed by atoms with E-state index in [1.165, 1.54) is 24.6 Å². The molecule has 0 unspecified atom stereocenters. The molecular formula is C20H27N5O2. The Morgan fingerprint density at radius 3 is 2.67 bits per heavy atom. The molecule has 144 valence electrons. The van der Waals surface area contributed by atoms with E-state index in [9.17, 15) is 9.59 Å². The van der Waals surface area contributed by atoms with Crippen molar-refractivity contribution in [3.63, 3.8) is 0 Å². The molecule has 7 nitrogen and oxygen atoms in total. The lowest BCUT2D eigenvalue weighted by molar-refractivity contribution is 0.0952. The first-order valence-electron chi connectivity index (χ1n) is 9.49. The van der Waals surface area contributed by atoms with Gasteiger partial charge in [0.15, 0.2) is 0 Å². The largest absolute Gasteiger partial charge is 0.351 e. The van der Waals surface area contributed by atoms with Crippen molar-refractivity contribution in [1.82, 2.24) is 25.3 Å². The second-order valence-corrected chi connectivity index (χ2v) is 8.09. The lowest BCUT2D eigenvalue weighted by atomic mass is 9.95. The normalized spacial score (nSPS) is 13.9. The van der Waals surface area contributed by atoms with Gasteiger partial charge < -0.3 is 10.3 Å². The molecule has 27 heavy (non-hydrogen) atoms. The van der Waals surface area contributed by atoms with E-state index in [0.29, 0.717) is 18.8 Å². The fourth-order valence-corrected chi connectivity index (χ4v) is 3.28. The minimum atomic E-state index is -0.432. The number of aromatic nitrogens is 4. The molecule has 0 radical (unpaired) electrons. The zero-order valence-corrected chi connectivity index (χ0v) is 16.5. The highest BCUT2D eigenvalue weighted by Gasteiger charge is 2.19. The molecule has 0 spiro atoms. The summed E-state index contributed by atoms with van der Waals surface area (Å²) >= 11 is 0. The molecule has 2 heterocycles. The van der Waals surface area contributed by atoms with Crippen LogP contribution in [0, 0.1) is 6.92 Å². The summed E-state index contributed by atoms with van der Waals surface area (Å²) in [4.78, 5) is 40.6. The van der Waals surface area contributed by atoms with Crippen LogP contribution in [0.4, 0.5) is 0 Å². The van der Waals surface area contributed by atoms with E-state index in [1.807, 2.05) is 27.7 Å². The fraction of sp³-hybridized carbons (Fsp3) is 0.550. The summed E-state index contributed by atoms with van der Waals surface area (Å²) in [6, 6.07) is 0. The first-order chi connectivity index (χ1) is 12.8. The number of amides is 1. The molecule has 1 amide bonds. The highest BCUT2D eigenvalue weighted by molar-refractivity contribution is 5.93. The summed E-state index contributed by atoms with van der Waals surface area (Å²) in [6.07, 6.45) is 6.29. The number of aryl methyl sites for hydroxylation is 2. The van der Waals surface area contributed by atoms with E-state index in [2.05, 4.69) is 25.3 Å². The van der Waals surface area contributed by atoms with Gasteiger partial charge in [-0.2, -0.15) is 0 Å². The van der Waals surface area contributed by atoms with Gasteiger partial charge in [-0.25, -0.2) is 15.0 Å². The second-order valence-electron chi connectivity index (χ2n) is 8.09. The van der Waals surface area contributed by atoms with Crippen LogP contribution >= 0.6 is 0 Å². The van der Waals surface area contributed by atoms with Crippen molar-refractivity contribution >= 4 is 5.91 Å². The van der Waals surface area contributed by atoms with Crippen molar-refractivity contribution in [1.29, 1.82) is 0 Å². The Labute approximate surface area is 159 Å². The minimum absolute atomic E-state index is 0.0190. The lowest BCUT2D eigenvalue weighted by Crippen LogP contribution is -2.33. The third kappa shape index (κ3) is 4.40. The molecule has 0 aliphatic heterocycles. The number of H-pyrrole nitrogens is 1. The van der Waals surface area contributed by atoms with Crippen molar-refractivity contribution < 1.29 is 4.79 Å². The maximum atomic E-state index is 12.3. The Morgan fingerprint density at radius 1 is 1.22 bits per heavy atom. The third-order valence-electron chi connectivity index (χ3n) is 4.82. The van der Waals surface area contributed by atoms with Gasteiger partial charge in [0.2, 0.25) is 0 Å². The highest BCUT2D eigenvalue weighted by atomic mass is 16.2. The fourth-order valence-electron chi connectivity index (χ4n) is 3.28. The zero-order valence-electron chi connectivity index (χ0n) is 16.5. The smallest absolute Gasteiger partial charge is 0.263 e. The SMILES string of the molecule is Cc1nc(CCNC(=O)c2cnc(C(C)(C)C)[nH]c2=O)nc2c1CCCC2. The average Bonchev–Trinajstić information content (AvgIpc) is 2.61. The van der Waals surface area contributed by atoms with E-state index in [1.54, 1.807) is 0 Å². The quantitative estimate of drug-likeness (QED) is 0.859. The van der Waals surface area contributed by atoms with Gasteiger partial charge in [0.25, 0.3) is 11.5 Å². The highest BCUT2D eigenvalue weighted by Crippen LogP contribution is 2.21. The van der Waals surface area contributed by atoms with Crippen LogP contribution in [-0.2, 0) is 24.7 Å². The number of aromatic amines is 1. The molecule has 1 aliphatic rings. The number of hydrogen-bond donors (Lipinski definition) is 2. The Hall–Kier alpha value is -2.57. The van der Waals surface area contributed by atoms with Gasteiger partial charge in [0.05, 0.1) is 0 Å². The van der Waals surface area contributed by atoms with Crippen molar-refractivity contribution in [2.45, 2.75) is 65.2 Å². The van der Waals surface area contributed by atoms with Gasteiger partial charge in [0, 0.05) is 36.0 Å². The molecule has 7 heteroatoms. The number of nitrogens with one attached hydrogen (secondary N) is 2. The Morgan fingerprint density at radius 2 is 1.96 bits per heavy atom. The predicted molar refractivity (Wildman–Crippen MR) is 103 cm³/mol. The maximum absolute atomic E-state index is 12.3. The Bertz CT molecular complexity index is 912. The first kappa shape index (κ1) is 19.2. The average molecular weight is 369 g/mol. The van der Waals surface area contributed by atoms with Crippen molar-refractivity contribution in [2.24, 2.45) is 0 Å². The van der Waals surface area contributed by atoms with Crippen LogP contribution in [-0.4, -0.2) is 32.4 Å². The summed E-state index contributed by atoms with van der Waals surface area (Å²) in [7, 11) is 0. The topological polar surface area (TPSA) is 101 Å². The van der Waals surface area contributed by atoms with E-state index in [-0.39, 0.29) is 11.0 Å². The maximum Gasteiger partial charge on any atom is 0.263 e. The summed E-state index contributed by atoms with van der Waals surface area (Å²) < 4.78 is 0. The van der Waals surface area contributed by atoms with E-state index in [0.717, 1.165) is 30.1 Å². The number of fused-ring (bicyclic) bond motifs is 1. The minimum Gasteiger partial charge on any atom is -0.351 e. The van der Waals surface area contributed by atoms with Gasteiger partial charge in [-0.3, -0.25) is 9.59 Å². The van der Waals surface area contributed by atoms with Gasteiger partial charge in [-0.15, -0.1) is 0 Å². The molecule has 0 fully saturated rings. The molecule has 0 saturated carbocycles. The molecule has 2 aromatic heterocycles. The summed E-state index contributed by atoms with van der Waals surface area (Å²) in [5, 5.41) is 2.77. The standard InChI is InChI=1S/C20H27N5O2/c1-12-13-7-5-6-8-15(13)24-16(23-12)9-10-21-17(26)14-11-22-19(20(2,3)4)25-18(14)27/h11H,5-10H2,1-4H3,(H,21,26)(H,22,25,27). The summed E-state index contributed by atoms with van der Waals surface area (Å²) in [6.45, 7) is 8.25. The number of hydrogen-bond acceptors (Lipinski definition) is 5. The van der Waals surface area contributed by atoms with Crippen molar-refractivity contribution in [3.8, 4) is 0 Å². The first-order valence-corrected chi connectivity index (χ1v) is 9.49. The molecule has 3 rings (SSSR count). The van der Waals surface area contributed by atoms with Gasteiger partial charge >= 0.3 is 0 Å². The predicted octanol–water partition coefficient (Wildman–Crippen LogP) is 2.02. The molecule has 2 aromatic rings. The van der Waals surface area contributed by atoms with Crippen LogP contribution in [0.25, 0.3) is 0 Å². The molecule has 2 N–H and O–H groups in total. The van der Waals surface area contributed by atoms with Crippen LogP contribution in [0.1, 0.15) is 72.6 Å². The third-order valence-corrected chi connectivity index (χ3v) is 4.82. The van der Waals surface area contributed by atoms with Gasteiger partial charge in [-0.05, 0) is 38.2 Å². The Balaban J connectivity index is 1.63. The van der Waals surface area contributed by atoms with Crippen LogP contribution in [0.5, 0.6) is 0 Å². The van der Waals surface area contributed by atoms with Gasteiger partial charge in [0.1, 0.15) is 17.2 Å². The molecule has 1 aliphatic carbocycles. The monoisotopic (exact) mass is 369 g/mol. The molecular weight excluding hydrogens is 342 g/mol. The second kappa shape index (κ2) is 7.58. The lowest BCUT2D eigenvalue weighted by Gasteiger charge is -2.17. The van der Waals surface area contributed by atoms with Crippen LogP contribution in [0.3, 0.4) is 0 Å². The number of rotatable bonds is 4. The van der Waals surface area contributed by atoms with Crippen LogP contribution < -0.4 is 10.9 Å². The zero-order chi connectivity index (χ0) is 19.6. The van der Waals surface area contributed by atoms with Gasteiger partial charge in [-0.1, -0.05) is 20.8 Å². The van der Waals surface area contributed by atoms with Crippen molar-refractivity contribution in [2.75, 3.05) is 6.54 Å². The summed E-state index contributed by atoms with van der Waals surface area (Å²) in [5.41, 5.74) is 2.79. The number of nitrogens with zero attached hydrogens (tertiary/aromatic N) is 3. The number of carbonyl (C=O) groups is 1. The Kier molecular flexibility index (Phi) is 5.39. The molecule has 0 bridgehead atoms. The van der Waals surface area contributed by atoms with E-state index >= 15 is 0 Å². The van der Waals surface area contributed by atoms with E-state index < -0.39 is 11.5 Å². The molecule has 0 aromatic carbocycles. The summed E-state index contributed by atoms with van der Waals surface area (Å²) in [5.74, 6) is 0.865. The van der Waals surface area contributed by atoms with E-state index in [4.69, 9.17) is 0 Å². The van der Waals surface area contributed by atoms with Crippen LogP contribution in [0.2, 0.25) is 0 Å². The molecule has 0 atom stereocenters. The number of carbonyl (C=O) groups excluding carboxylic acids is 1. The molecule has 0 saturated heterocycles.